The summed E-state index contributed by atoms with van der Waals surface area (Å²) in [6, 6.07) is 0. The molecule has 0 aromatic carbocycles. The zero-order valence-electron chi connectivity index (χ0n) is 13.8. The molecule has 0 aromatic heterocycles. The van der Waals surface area contributed by atoms with E-state index in [1.165, 1.54) is 37.7 Å². The molecule has 3 saturated carbocycles. The van der Waals surface area contributed by atoms with Crippen LogP contribution in [-0.2, 0) is 0 Å². The van der Waals surface area contributed by atoms with Crippen molar-refractivity contribution >= 4 is 0 Å². The van der Waals surface area contributed by atoms with Crippen LogP contribution in [0.15, 0.2) is 48.6 Å². The van der Waals surface area contributed by atoms with E-state index in [1.807, 2.05) is 6.08 Å². The first-order valence-electron chi connectivity index (χ1n) is 8.05. The molecule has 0 saturated heterocycles. The van der Waals surface area contributed by atoms with Gasteiger partial charge in [0.15, 0.2) is 0 Å². The minimum Gasteiger partial charge on any atom is -0.0993 e. The first kappa shape index (κ1) is 17.0. The summed E-state index contributed by atoms with van der Waals surface area (Å²) in [6.07, 6.45) is 13.2. The monoisotopic (exact) mass is 272 g/mol. The van der Waals surface area contributed by atoms with Crippen molar-refractivity contribution in [1.29, 1.82) is 0 Å². The lowest BCUT2D eigenvalue weighted by molar-refractivity contribution is 0.0483. The van der Waals surface area contributed by atoms with Crippen molar-refractivity contribution in [3.05, 3.63) is 48.6 Å². The van der Waals surface area contributed by atoms with Crippen LogP contribution < -0.4 is 0 Å². The Balaban J connectivity index is 0.000000200. The average molecular weight is 272 g/mol. The minimum absolute atomic E-state index is 0.628. The molecule has 3 aliphatic rings. The Morgan fingerprint density at radius 1 is 1.35 bits per heavy atom. The summed E-state index contributed by atoms with van der Waals surface area (Å²) in [5.74, 6) is 1.07. The van der Waals surface area contributed by atoms with Crippen molar-refractivity contribution < 1.29 is 0 Å². The lowest BCUT2D eigenvalue weighted by Gasteiger charge is -2.54. The fraction of sp³-hybridized carbons (Fsp3) is 0.600. The number of hydrogen-bond acceptors (Lipinski definition) is 0. The molecule has 0 heterocycles. The molecule has 3 aliphatic carbocycles. The molecule has 0 aromatic rings. The maximum Gasteiger partial charge on any atom is -0.00881 e. The van der Waals surface area contributed by atoms with Gasteiger partial charge in [0.25, 0.3) is 0 Å². The van der Waals surface area contributed by atoms with Crippen LogP contribution in [0.3, 0.4) is 0 Å². The third kappa shape index (κ3) is 4.51. The van der Waals surface area contributed by atoms with Gasteiger partial charge in [-0.3, -0.25) is 0 Å². The van der Waals surface area contributed by atoms with Crippen LogP contribution in [0.25, 0.3) is 0 Å². The Kier molecular flexibility index (Phi) is 6.52. The van der Waals surface area contributed by atoms with E-state index in [1.54, 1.807) is 5.57 Å². The third-order valence-corrected chi connectivity index (χ3v) is 4.95. The Bertz CT molecular complexity index is 384. The number of fused-ring (bicyclic) bond motifs is 2. The molecule has 0 atom stereocenters. The summed E-state index contributed by atoms with van der Waals surface area (Å²) in [4.78, 5) is 0. The van der Waals surface area contributed by atoms with Gasteiger partial charge in [0, 0.05) is 0 Å². The summed E-state index contributed by atoms with van der Waals surface area (Å²) < 4.78 is 0. The molecule has 112 valence electrons. The van der Waals surface area contributed by atoms with Gasteiger partial charge in [-0.2, -0.15) is 0 Å². The van der Waals surface area contributed by atoms with Crippen molar-refractivity contribution in [3.63, 3.8) is 0 Å². The lowest BCUT2D eigenvalue weighted by Crippen LogP contribution is -2.42. The lowest BCUT2D eigenvalue weighted by atomic mass is 9.51. The van der Waals surface area contributed by atoms with Gasteiger partial charge in [0.2, 0.25) is 0 Å². The van der Waals surface area contributed by atoms with Gasteiger partial charge < -0.3 is 0 Å². The Labute approximate surface area is 126 Å². The molecule has 0 heteroatoms. The highest BCUT2D eigenvalue weighted by atomic mass is 14.5. The predicted molar refractivity (Wildman–Crippen MR) is 91.8 cm³/mol. The summed E-state index contributed by atoms with van der Waals surface area (Å²) in [7, 11) is 0. The smallest absolute Gasteiger partial charge is 0.00881 e. The highest BCUT2D eigenvalue weighted by molar-refractivity contribution is 5.20. The van der Waals surface area contributed by atoms with Crippen LogP contribution in [0.2, 0.25) is 0 Å². The predicted octanol–water partition coefficient (Wildman–Crippen LogP) is 6.62. The number of allylic oxidation sites excluding steroid dienone is 5. The molecule has 0 amide bonds. The Hall–Kier alpha value is -1.04. The van der Waals surface area contributed by atoms with Gasteiger partial charge in [-0.15, -0.1) is 0 Å². The molecule has 3 fully saturated rings. The van der Waals surface area contributed by atoms with Crippen molar-refractivity contribution in [2.24, 2.45) is 11.3 Å². The molecule has 0 radical (unpaired) electrons. The molecule has 3 rings (SSSR count). The quantitative estimate of drug-likeness (QED) is 0.390. The molecule has 0 unspecified atom stereocenters. The molecule has 20 heavy (non-hydrogen) atoms. The van der Waals surface area contributed by atoms with Crippen molar-refractivity contribution in [3.8, 4) is 0 Å². The fourth-order valence-corrected chi connectivity index (χ4v) is 3.37. The molecular formula is C20H32. The maximum absolute atomic E-state index is 4.18. The molecule has 2 bridgehead atoms. The largest absolute Gasteiger partial charge is 0.0993 e. The van der Waals surface area contributed by atoms with Crippen LogP contribution in [0.5, 0.6) is 0 Å². The zero-order chi connectivity index (χ0) is 15.2. The first-order chi connectivity index (χ1) is 9.43. The number of rotatable bonds is 5. The number of hydrogen-bond donors (Lipinski definition) is 0. The summed E-state index contributed by atoms with van der Waals surface area (Å²) in [5, 5.41) is 0. The van der Waals surface area contributed by atoms with Crippen LogP contribution >= 0.6 is 0 Å². The minimum atomic E-state index is 0.628. The van der Waals surface area contributed by atoms with Crippen LogP contribution in [0.1, 0.15) is 65.7 Å². The van der Waals surface area contributed by atoms with Crippen molar-refractivity contribution in [2.45, 2.75) is 65.7 Å². The highest BCUT2D eigenvalue weighted by Gasteiger charge is 2.47. The van der Waals surface area contributed by atoms with E-state index in [0.717, 1.165) is 24.3 Å². The molecule has 0 spiro atoms. The van der Waals surface area contributed by atoms with E-state index in [4.69, 9.17) is 0 Å². The summed E-state index contributed by atoms with van der Waals surface area (Å²) in [5.41, 5.74) is 4.68. The van der Waals surface area contributed by atoms with Crippen molar-refractivity contribution in [1.82, 2.24) is 0 Å². The SMILES string of the molecule is C=C1CCC2CC1(CC)C2.C=CC(=C)CCC=C(C)C. The van der Waals surface area contributed by atoms with Crippen LogP contribution in [-0.4, -0.2) is 0 Å². The van der Waals surface area contributed by atoms with Gasteiger partial charge in [-0.25, -0.2) is 0 Å². The van der Waals surface area contributed by atoms with Gasteiger partial charge >= 0.3 is 0 Å². The molecule has 0 aliphatic heterocycles. The van der Waals surface area contributed by atoms with Gasteiger partial charge in [0.05, 0.1) is 0 Å². The Morgan fingerprint density at radius 3 is 2.40 bits per heavy atom. The second kappa shape index (κ2) is 7.67. The van der Waals surface area contributed by atoms with Crippen LogP contribution in [0, 0.1) is 11.3 Å². The van der Waals surface area contributed by atoms with E-state index in [9.17, 15) is 0 Å². The topological polar surface area (TPSA) is 0 Å². The van der Waals surface area contributed by atoms with Gasteiger partial charge in [-0.05, 0) is 70.1 Å². The van der Waals surface area contributed by atoms with Crippen molar-refractivity contribution in [2.75, 3.05) is 0 Å². The van der Waals surface area contributed by atoms with E-state index >= 15 is 0 Å². The zero-order valence-corrected chi connectivity index (χ0v) is 13.8. The molecular weight excluding hydrogens is 240 g/mol. The van der Waals surface area contributed by atoms with E-state index in [0.29, 0.717) is 5.41 Å². The van der Waals surface area contributed by atoms with E-state index < -0.39 is 0 Å². The summed E-state index contributed by atoms with van der Waals surface area (Å²) in [6.45, 7) is 18.2. The first-order valence-corrected chi connectivity index (χ1v) is 8.05. The Morgan fingerprint density at radius 2 is 2.00 bits per heavy atom. The van der Waals surface area contributed by atoms with Gasteiger partial charge in [-0.1, -0.05) is 55.5 Å². The summed E-state index contributed by atoms with van der Waals surface area (Å²) >= 11 is 0. The normalized spacial score (nSPS) is 26.8. The van der Waals surface area contributed by atoms with Gasteiger partial charge in [0.1, 0.15) is 0 Å². The van der Waals surface area contributed by atoms with Crippen LogP contribution in [0.4, 0.5) is 0 Å². The third-order valence-electron chi connectivity index (χ3n) is 4.95. The van der Waals surface area contributed by atoms with E-state index in [-0.39, 0.29) is 0 Å². The second-order valence-corrected chi connectivity index (χ2v) is 6.73. The standard InChI is InChI=1S/2C10H16/c1-3-10-6-9(7-10)5-4-8(10)2;1-5-10(4)8-6-7-9(2)3/h9H,2-7H2,1H3;5,7H,1,4,6,8H2,2-3H3. The molecule has 0 N–H and O–H groups in total. The van der Waals surface area contributed by atoms with E-state index in [2.05, 4.69) is 46.6 Å². The second-order valence-electron chi connectivity index (χ2n) is 6.73. The highest BCUT2D eigenvalue weighted by Crippen LogP contribution is 2.59. The average Bonchev–Trinajstić information content (AvgIpc) is 2.38. The molecule has 0 nitrogen and oxygen atoms in total. The maximum atomic E-state index is 4.18. The fourth-order valence-electron chi connectivity index (χ4n) is 3.37.